The van der Waals surface area contributed by atoms with Gasteiger partial charge in [0.05, 0.1) is 5.56 Å². The summed E-state index contributed by atoms with van der Waals surface area (Å²) < 4.78 is 0. The largest absolute Gasteiger partial charge is 0.370 e. The summed E-state index contributed by atoms with van der Waals surface area (Å²) in [5.41, 5.74) is 0.596. The summed E-state index contributed by atoms with van der Waals surface area (Å²) in [4.78, 5) is 18.1. The van der Waals surface area contributed by atoms with E-state index in [-0.39, 0.29) is 5.91 Å². The van der Waals surface area contributed by atoms with E-state index in [0.717, 1.165) is 25.3 Å². The van der Waals surface area contributed by atoms with Gasteiger partial charge >= 0.3 is 0 Å². The van der Waals surface area contributed by atoms with Crippen molar-refractivity contribution in [2.45, 2.75) is 20.3 Å². The Bertz CT molecular complexity index is 401. The Kier molecular flexibility index (Phi) is 7.01. The first-order valence-corrected chi connectivity index (χ1v) is 7.12. The topological polar surface area (TPSA) is 57.3 Å². The van der Waals surface area contributed by atoms with Crippen LogP contribution in [0.4, 0.5) is 5.82 Å². The fourth-order valence-electron chi connectivity index (χ4n) is 1.62. The van der Waals surface area contributed by atoms with Crippen LogP contribution in [-0.4, -0.2) is 49.5 Å². The molecular weight excluding hydrogens is 252 g/mol. The van der Waals surface area contributed by atoms with Crippen molar-refractivity contribution in [1.82, 2.24) is 15.2 Å². The lowest BCUT2D eigenvalue weighted by molar-refractivity contribution is 0.0950. The van der Waals surface area contributed by atoms with Crippen LogP contribution in [0.2, 0.25) is 0 Å². The number of likely N-dealkylation sites (N-methyl/N-ethyl adjacent to an activating group) is 1. The van der Waals surface area contributed by atoms with Gasteiger partial charge in [0.15, 0.2) is 0 Å². The molecule has 1 heterocycles. The van der Waals surface area contributed by atoms with Gasteiger partial charge in [-0.1, -0.05) is 13.8 Å². The zero-order valence-electron chi connectivity index (χ0n) is 12.9. The van der Waals surface area contributed by atoms with E-state index < -0.39 is 0 Å². The highest BCUT2D eigenvalue weighted by Gasteiger charge is 2.05. The molecule has 1 aromatic heterocycles. The molecule has 1 aromatic rings. The number of hydrogen-bond donors (Lipinski definition) is 2. The molecular formula is C15H26N4O. The van der Waals surface area contributed by atoms with Crippen LogP contribution in [0.15, 0.2) is 18.3 Å². The maximum Gasteiger partial charge on any atom is 0.252 e. The Morgan fingerprint density at radius 3 is 2.60 bits per heavy atom. The standard InChI is InChI=1S/C15H26N4O/c1-12(2)7-8-16-14-6-5-13(11-18-14)15(20)17-9-10-19(3)4/h5-6,11-12H,7-10H2,1-4H3,(H,16,18)(H,17,20). The van der Waals surface area contributed by atoms with Gasteiger partial charge in [-0.05, 0) is 38.6 Å². The Balaban J connectivity index is 2.39. The van der Waals surface area contributed by atoms with E-state index >= 15 is 0 Å². The summed E-state index contributed by atoms with van der Waals surface area (Å²) in [5.74, 6) is 1.41. The minimum absolute atomic E-state index is 0.0759. The van der Waals surface area contributed by atoms with Gasteiger partial charge in [0.1, 0.15) is 5.82 Å². The molecule has 0 aliphatic rings. The van der Waals surface area contributed by atoms with E-state index in [9.17, 15) is 4.79 Å². The Morgan fingerprint density at radius 2 is 2.05 bits per heavy atom. The quantitative estimate of drug-likeness (QED) is 0.762. The number of anilines is 1. The maximum atomic E-state index is 11.9. The van der Waals surface area contributed by atoms with E-state index in [1.165, 1.54) is 0 Å². The van der Waals surface area contributed by atoms with Gasteiger partial charge in [0.25, 0.3) is 5.91 Å². The fourth-order valence-corrected chi connectivity index (χ4v) is 1.62. The highest BCUT2D eigenvalue weighted by molar-refractivity contribution is 5.94. The SMILES string of the molecule is CC(C)CCNc1ccc(C(=O)NCCN(C)C)cn1. The van der Waals surface area contributed by atoms with Crippen LogP contribution >= 0.6 is 0 Å². The van der Waals surface area contributed by atoms with Gasteiger partial charge in [-0.3, -0.25) is 4.79 Å². The zero-order chi connectivity index (χ0) is 15.0. The first-order valence-electron chi connectivity index (χ1n) is 7.12. The lowest BCUT2D eigenvalue weighted by Crippen LogP contribution is -2.31. The molecule has 0 fully saturated rings. The van der Waals surface area contributed by atoms with Crippen molar-refractivity contribution in [3.05, 3.63) is 23.9 Å². The molecule has 0 unspecified atom stereocenters. The molecule has 112 valence electrons. The lowest BCUT2D eigenvalue weighted by atomic mass is 10.1. The second-order valence-electron chi connectivity index (χ2n) is 5.60. The van der Waals surface area contributed by atoms with Crippen LogP contribution in [-0.2, 0) is 0 Å². The molecule has 0 bridgehead atoms. The van der Waals surface area contributed by atoms with Gasteiger partial charge in [0, 0.05) is 25.8 Å². The molecule has 0 aliphatic carbocycles. The van der Waals surface area contributed by atoms with Crippen molar-refractivity contribution in [1.29, 1.82) is 0 Å². The number of nitrogens with zero attached hydrogens (tertiary/aromatic N) is 2. The predicted octanol–water partition coefficient (Wildman–Crippen LogP) is 1.83. The highest BCUT2D eigenvalue weighted by atomic mass is 16.1. The van der Waals surface area contributed by atoms with Gasteiger partial charge in [-0.2, -0.15) is 0 Å². The van der Waals surface area contributed by atoms with E-state index in [4.69, 9.17) is 0 Å². The van der Waals surface area contributed by atoms with Gasteiger partial charge in [-0.15, -0.1) is 0 Å². The summed E-state index contributed by atoms with van der Waals surface area (Å²) in [6.07, 6.45) is 2.72. The summed E-state index contributed by atoms with van der Waals surface area (Å²) in [6, 6.07) is 3.65. The minimum atomic E-state index is -0.0759. The number of amides is 1. The van der Waals surface area contributed by atoms with Crippen LogP contribution in [0.25, 0.3) is 0 Å². The normalized spacial score (nSPS) is 10.9. The molecule has 0 atom stereocenters. The Morgan fingerprint density at radius 1 is 1.30 bits per heavy atom. The van der Waals surface area contributed by atoms with Gasteiger partial charge < -0.3 is 15.5 Å². The molecule has 5 heteroatoms. The average Bonchev–Trinajstić information content (AvgIpc) is 2.38. The predicted molar refractivity (Wildman–Crippen MR) is 83.1 cm³/mol. The number of nitrogens with one attached hydrogen (secondary N) is 2. The molecule has 1 amide bonds. The maximum absolute atomic E-state index is 11.9. The van der Waals surface area contributed by atoms with Crippen molar-refractivity contribution in [3.8, 4) is 0 Å². The third kappa shape index (κ3) is 6.52. The summed E-state index contributed by atoms with van der Waals surface area (Å²) in [5, 5.41) is 6.12. The second kappa shape index (κ2) is 8.53. The van der Waals surface area contributed by atoms with Crippen molar-refractivity contribution >= 4 is 11.7 Å². The van der Waals surface area contributed by atoms with Crippen LogP contribution in [0, 0.1) is 5.92 Å². The first kappa shape index (κ1) is 16.4. The molecule has 0 aromatic carbocycles. The monoisotopic (exact) mass is 278 g/mol. The highest BCUT2D eigenvalue weighted by Crippen LogP contribution is 2.06. The van der Waals surface area contributed by atoms with Crippen LogP contribution in [0.3, 0.4) is 0 Å². The van der Waals surface area contributed by atoms with Crippen molar-refractivity contribution in [2.75, 3.05) is 39.0 Å². The third-order valence-corrected chi connectivity index (χ3v) is 2.90. The van der Waals surface area contributed by atoms with Crippen LogP contribution in [0.1, 0.15) is 30.6 Å². The van der Waals surface area contributed by atoms with Gasteiger partial charge in [-0.25, -0.2) is 4.98 Å². The summed E-state index contributed by atoms with van der Waals surface area (Å²) in [6.45, 7) is 6.75. The van der Waals surface area contributed by atoms with E-state index in [1.54, 1.807) is 12.3 Å². The Labute approximate surface area is 121 Å². The van der Waals surface area contributed by atoms with E-state index in [2.05, 4.69) is 29.5 Å². The summed E-state index contributed by atoms with van der Waals surface area (Å²) >= 11 is 0. The number of aromatic nitrogens is 1. The summed E-state index contributed by atoms with van der Waals surface area (Å²) in [7, 11) is 3.96. The molecule has 2 N–H and O–H groups in total. The molecule has 20 heavy (non-hydrogen) atoms. The van der Waals surface area contributed by atoms with Crippen molar-refractivity contribution in [3.63, 3.8) is 0 Å². The molecule has 5 nitrogen and oxygen atoms in total. The zero-order valence-corrected chi connectivity index (χ0v) is 12.9. The molecule has 0 aliphatic heterocycles. The molecule has 1 rings (SSSR count). The minimum Gasteiger partial charge on any atom is -0.370 e. The second-order valence-corrected chi connectivity index (χ2v) is 5.60. The number of carbonyl (C=O) groups is 1. The van der Waals surface area contributed by atoms with E-state index in [0.29, 0.717) is 18.0 Å². The van der Waals surface area contributed by atoms with Gasteiger partial charge in [0.2, 0.25) is 0 Å². The number of rotatable bonds is 8. The number of carbonyl (C=O) groups excluding carboxylic acids is 1. The van der Waals surface area contributed by atoms with Crippen molar-refractivity contribution in [2.24, 2.45) is 5.92 Å². The average molecular weight is 278 g/mol. The number of pyridine rings is 1. The lowest BCUT2D eigenvalue weighted by Gasteiger charge is -2.11. The van der Waals surface area contributed by atoms with E-state index in [1.807, 2.05) is 25.1 Å². The smallest absolute Gasteiger partial charge is 0.252 e. The fraction of sp³-hybridized carbons (Fsp3) is 0.600. The third-order valence-electron chi connectivity index (χ3n) is 2.90. The first-order chi connectivity index (χ1) is 9.49. The number of hydrogen-bond acceptors (Lipinski definition) is 4. The van der Waals surface area contributed by atoms with Crippen LogP contribution < -0.4 is 10.6 Å². The molecule has 0 saturated carbocycles. The molecule has 0 saturated heterocycles. The molecule has 0 radical (unpaired) electrons. The molecule has 0 spiro atoms. The van der Waals surface area contributed by atoms with Crippen LogP contribution in [0.5, 0.6) is 0 Å². The Hall–Kier alpha value is -1.62. The van der Waals surface area contributed by atoms with Crippen molar-refractivity contribution < 1.29 is 4.79 Å².